The Bertz CT molecular complexity index is 1160. The third-order valence-electron chi connectivity index (χ3n) is 4.93. The molecule has 1 fully saturated rings. The van der Waals surface area contributed by atoms with Crippen LogP contribution in [0.5, 0.6) is 5.75 Å². The van der Waals surface area contributed by atoms with Crippen LogP contribution in [0.3, 0.4) is 0 Å². The molecule has 1 atom stereocenters. The zero-order chi connectivity index (χ0) is 22.1. The molecule has 3 heterocycles. The van der Waals surface area contributed by atoms with Crippen molar-refractivity contribution in [3.8, 4) is 5.75 Å². The fourth-order valence-electron chi connectivity index (χ4n) is 3.52. The number of halogens is 2. The molecular formula is C22H16Cl2N2O4S. The second-order valence-corrected chi connectivity index (χ2v) is 8.56. The van der Waals surface area contributed by atoms with Gasteiger partial charge in [0.1, 0.15) is 5.76 Å². The number of nitrogens with zero attached hydrogens (tertiary/aromatic N) is 2. The number of hydrogen-bond donors (Lipinski definition) is 1. The summed E-state index contributed by atoms with van der Waals surface area (Å²) in [6.45, 7) is 0.191. The number of Topliss-reactive ketones (excluding diaryl/α,β-unsaturated/α-hetero) is 1. The molecule has 1 aliphatic heterocycles. The highest BCUT2D eigenvalue weighted by atomic mass is 35.5. The van der Waals surface area contributed by atoms with E-state index in [9.17, 15) is 14.7 Å². The van der Waals surface area contributed by atoms with Crippen LogP contribution >= 0.6 is 34.5 Å². The van der Waals surface area contributed by atoms with Crippen molar-refractivity contribution in [2.45, 2.75) is 12.6 Å². The lowest BCUT2D eigenvalue weighted by Gasteiger charge is -2.24. The predicted octanol–water partition coefficient (Wildman–Crippen LogP) is 5.08. The molecule has 0 aliphatic carbocycles. The SMILES string of the molecule is COc1c(Cl)cc(/C(O)=C2/C(=O)C(=O)N(Cc3ccncc3)C2c2cccs2)cc1Cl. The average Bonchev–Trinajstić information content (AvgIpc) is 3.36. The molecule has 0 bridgehead atoms. The molecule has 0 spiro atoms. The maximum absolute atomic E-state index is 13.0. The van der Waals surface area contributed by atoms with Gasteiger partial charge in [-0.05, 0) is 41.3 Å². The number of methoxy groups -OCH3 is 1. The maximum Gasteiger partial charge on any atom is 0.295 e. The molecule has 158 valence electrons. The molecule has 9 heteroatoms. The zero-order valence-electron chi connectivity index (χ0n) is 16.2. The van der Waals surface area contributed by atoms with Crippen molar-refractivity contribution >= 4 is 52.0 Å². The van der Waals surface area contributed by atoms with E-state index in [0.29, 0.717) is 0 Å². The van der Waals surface area contributed by atoms with Crippen molar-refractivity contribution in [2.24, 2.45) is 0 Å². The van der Waals surface area contributed by atoms with E-state index < -0.39 is 17.7 Å². The number of likely N-dealkylation sites (tertiary alicyclic amines) is 1. The van der Waals surface area contributed by atoms with Gasteiger partial charge in [0, 0.05) is 29.4 Å². The lowest BCUT2D eigenvalue weighted by atomic mass is 9.99. The maximum atomic E-state index is 13.0. The monoisotopic (exact) mass is 474 g/mol. The van der Waals surface area contributed by atoms with E-state index in [4.69, 9.17) is 27.9 Å². The van der Waals surface area contributed by atoms with Gasteiger partial charge in [-0.2, -0.15) is 0 Å². The van der Waals surface area contributed by atoms with Crippen molar-refractivity contribution < 1.29 is 19.4 Å². The summed E-state index contributed by atoms with van der Waals surface area (Å²) in [7, 11) is 1.42. The van der Waals surface area contributed by atoms with Crippen LogP contribution in [0.1, 0.15) is 22.0 Å². The topological polar surface area (TPSA) is 79.7 Å². The summed E-state index contributed by atoms with van der Waals surface area (Å²) >= 11 is 13.8. The molecule has 3 aromatic rings. The number of ether oxygens (including phenoxy) is 1. The third-order valence-corrected chi connectivity index (χ3v) is 6.42. The number of carbonyl (C=O) groups excluding carboxylic acids is 2. The quantitative estimate of drug-likeness (QED) is 0.316. The molecule has 4 rings (SSSR count). The van der Waals surface area contributed by atoms with Crippen LogP contribution in [0.4, 0.5) is 0 Å². The second-order valence-electron chi connectivity index (χ2n) is 6.77. The Morgan fingerprint density at radius 2 is 1.87 bits per heavy atom. The van der Waals surface area contributed by atoms with Gasteiger partial charge in [-0.1, -0.05) is 29.3 Å². The van der Waals surface area contributed by atoms with Gasteiger partial charge in [0.25, 0.3) is 11.7 Å². The van der Waals surface area contributed by atoms with E-state index in [-0.39, 0.29) is 39.2 Å². The third kappa shape index (κ3) is 3.92. The Hall–Kier alpha value is -2.87. The summed E-state index contributed by atoms with van der Waals surface area (Å²) in [4.78, 5) is 32.1. The first-order valence-corrected chi connectivity index (χ1v) is 10.8. The van der Waals surface area contributed by atoms with Crippen LogP contribution in [0.25, 0.3) is 5.76 Å². The van der Waals surface area contributed by atoms with E-state index in [1.165, 1.54) is 35.5 Å². The Balaban J connectivity index is 1.85. The molecule has 1 amide bonds. The molecule has 1 aliphatic rings. The van der Waals surface area contributed by atoms with Gasteiger partial charge < -0.3 is 14.7 Å². The van der Waals surface area contributed by atoms with E-state index in [1.54, 1.807) is 24.5 Å². The van der Waals surface area contributed by atoms with Gasteiger partial charge >= 0.3 is 0 Å². The Kier molecular flexibility index (Phi) is 6.00. The lowest BCUT2D eigenvalue weighted by molar-refractivity contribution is -0.140. The van der Waals surface area contributed by atoms with Crippen molar-refractivity contribution in [3.63, 3.8) is 0 Å². The number of amides is 1. The molecule has 0 saturated carbocycles. The van der Waals surface area contributed by atoms with Crippen LogP contribution in [0.2, 0.25) is 10.0 Å². The standard InChI is InChI=1S/C22H16Cl2N2O4S/c1-30-21-14(23)9-13(10-15(21)24)19(27)17-18(16-3-2-8-31-16)26(22(29)20(17)28)11-12-4-6-25-7-5-12/h2-10,18,27H,11H2,1H3/b19-17-. The summed E-state index contributed by atoms with van der Waals surface area (Å²) in [6.07, 6.45) is 3.24. The molecule has 6 nitrogen and oxygen atoms in total. The van der Waals surface area contributed by atoms with Crippen LogP contribution in [-0.2, 0) is 16.1 Å². The summed E-state index contributed by atoms with van der Waals surface area (Å²) in [5.41, 5.74) is 1.02. The van der Waals surface area contributed by atoms with E-state index in [1.807, 2.05) is 17.5 Å². The van der Waals surface area contributed by atoms with Crippen LogP contribution in [-0.4, -0.2) is 33.8 Å². The minimum atomic E-state index is -0.770. The molecule has 2 aromatic heterocycles. The number of benzene rings is 1. The molecule has 1 N–H and O–H groups in total. The van der Waals surface area contributed by atoms with Crippen LogP contribution in [0, 0.1) is 0 Å². The Labute approximate surface area is 192 Å². The van der Waals surface area contributed by atoms with Gasteiger partial charge in [0.05, 0.1) is 28.8 Å². The van der Waals surface area contributed by atoms with E-state index in [2.05, 4.69) is 4.98 Å². The first kappa shape index (κ1) is 21.4. The minimum Gasteiger partial charge on any atom is -0.507 e. The largest absolute Gasteiger partial charge is 0.507 e. The number of thiophene rings is 1. The number of aliphatic hydroxyl groups excluding tert-OH is 1. The van der Waals surface area contributed by atoms with Gasteiger partial charge in [0.2, 0.25) is 0 Å². The summed E-state index contributed by atoms with van der Waals surface area (Å²) in [6, 6.07) is 9.34. The van der Waals surface area contributed by atoms with Crippen molar-refractivity contribution in [1.82, 2.24) is 9.88 Å². The molecule has 1 saturated heterocycles. The molecule has 1 aromatic carbocycles. The zero-order valence-corrected chi connectivity index (χ0v) is 18.5. The fraction of sp³-hybridized carbons (Fsp3) is 0.136. The molecular weight excluding hydrogens is 459 g/mol. The summed E-state index contributed by atoms with van der Waals surface area (Å²) in [5, 5.41) is 13.3. The molecule has 31 heavy (non-hydrogen) atoms. The Morgan fingerprint density at radius 1 is 1.19 bits per heavy atom. The number of carbonyl (C=O) groups is 2. The number of aliphatic hydroxyl groups is 1. The van der Waals surface area contributed by atoms with Gasteiger partial charge in [-0.15, -0.1) is 11.3 Å². The highest BCUT2D eigenvalue weighted by molar-refractivity contribution is 7.10. The summed E-state index contributed by atoms with van der Waals surface area (Å²) in [5.74, 6) is -1.55. The molecule has 1 unspecified atom stereocenters. The van der Waals surface area contributed by atoms with Crippen molar-refractivity contribution in [2.75, 3.05) is 7.11 Å². The first-order chi connectivity index (χ1) is 14.9. The number of hydrogen-bond acceptors (Lipinski definition) is 6. The fourth-order valence-corrected chi connectivity index (χ4v) is 5.00. The van der Waals surface area contributed by atoms with E-state index >= 15 is 0 Å². The number of ketones is 1. The average molecular weight is 475 g/mol. The van der Waals surface area contributed by atoms with E-state index in [0.717, 1.165) is 10.4 Å². The van der Waals surface area contributed by atoms with Crippen LogP contribution in [0.15, 0.2) is 59.7 Å². The summed E-state index contributed by atoms with van der Waals surface area (Å²) < 4.78 is 5.14. The smallest absolute Gasteiger partial charge is 0.295 e. The van der Waals surface area contributed by atoms with Gasteiger partial charge in [-0.25, -0.2) is 0 Å². The highest BCUT2D eigenvalue weighted by Crippen LogP contribution is 2.43. The molecule has 0 radical (unpaired) electrons. The van der Waals surface area contributed by atoms with Crippen molar-refractivity contribution in [3.05, 3.63) is 85.8 Å². The first-order valence-electron chi connectivity index (χ1n) is 9.16. The van der Waals surface area contributed by atoms with Gasteiger partial charge in [-0.3, -0.25) is 14.6 Å². The minimum absolute atomic E-state index is 0.0150. The highest BCUT2D eigenvalue weighted by Gasteiger charge is 2.46. The van der Waals surface area contributed by atoms with Crippen molar-refractivity contribution in [1.29, 1.82) is 0 Å². The normalized spacial score (nSPS) is 17.9. The lowest BCUT2D eigenvalue weighted by Crippen LogP contribution is -2.28. The van der Waals surface area contributed by atoms with Gasteiger partial charge in [0.15, 0.2) is 5.75 Å². The van der Waals surface area contributed by atoms with Crippen LogP contribution < -0.4 is 4.74 Å². The Morgan fingerprint density at radius 3 is 2.45 bits per heavy atom. The number of rotatable bonds is 5. The number of pyridine rings is 1. The number of aromatic nitrogens is 1. The second kappa shape index (κ2) is 8.70. The predicted molar refractivity (Wildman–Crippen MR) is 119 cm³/mol.